The second-order valence-corrected chi connectivity index (χ2v) is 9.74. The Labute approximate surface area is 223 Å². The van der Waals surface area contributed by atoms with Gasteiger partial charge in [-0.15, -0.1) is 0 Å². The summed E-state index contributed by atoms with van der Waals surface area (Å²) < 4.78 is 0. The van der Waals surface area contributed by atoms with Crippen molar-refractivity contribution in [3.05, 3.63) is 157 Å². The van der Waals surface area contributed by atoms with Crippen LogP contribution in [0.5, 0.6) is 0 Å². The Morgan fingerprint density at radius 3 is 1.55 bits per heavy atom. The molecule has 0 saturated heterocycles. The molecular weight excluding hydrogens is 456 g/mol. The summed E-state index contributed by atoms with van der Waals surface area (Å²) in [5.41, 5.74) is 7.50. The minimum Gasteiger partial charge on any atom is -0.0622 e. The fourth-order valence-electron chi connectivity index (χ4n) is 5.73. The zero-order valence-electron chi connectivity index (χ0n) is 21.0. The first-order valence-corrected chi connectivity index (χ1v) is 13.1. The Kier molecular flexibility index (Phi) is 5.57. The van der Waals surface area contributed by atoms with Crippen molar-refractivity contribution in [1.82, 2.24) is 0 Å². The Morgan fingerprint density at radius 2 is 0.842 bits per heavy atom. The number of hydrogen-bond donors (Lipinski definition) is 0. The van der Waals surface area contributed by atoms with Gasteiger partial charge in [-0.3, -0.25) is 0 Å². The normalized spacial score (nSPS) is 11.6. The molecule has 0 N–H and O–H groups in total. The maximum absolute atomic E-state index is 2.31. The van der Waals surface area contributed by atoms with Crippen molar-refractivity contribution >= 4 is 44.5 Å². The minimum atomic E-state index is 1.19. The Morgan fingerprint density at radius 1 is 0.342 bits per heavy atom. The van der Waals surface area contributed by atoms with E-state index in [-0.39, 0.29) is 0 Å². The Bertz CT molecular complexity index is 1900. The summed E-state index contributed by atoms with van der Waals surface area (Å²) in [5.74, 6) is 0. The summed E-state index contributed by atoms with van der Waals surface area (Å²) in [4.78, 5) is 0. The third-order valence-corrected chi connectivity index (χ3v) is 7.43. The molecule has 7 rings (SSSR count). The summed E-state index contributed by atoms with van der Waals surface area (Å²) in [6, 6.07) is 52.5. The van der Waals surface area contributed by atoms with Crippen LogP contribution in [0.15, 0.2) is 146 Å². The van der Waals surface area contributed by atoms with E-state index < -0.39 is 0 Å². The standard InChI is InChI=1S/C38H26/c1-2-12-27(13-3-1)24-25-28-14-10-17-30(26-28)37-33-19-6-8-21-35(33)38(36-22-9-7-20-34(36)37)32-23-11-16-29-15-4-5-18-31(29)32/h1-26H/b25-24+. The maximum atomic E-state index is 2.31. The van der Waals surface area contributed by atoms with Gasteiger partial charge in [0, 0.05) is 0 Å². The summed E-state index contributed by atoms with van der Waals surface area (Å²) in [6.07, 6.45) is 4.38. The molecule has 38 heavy (non-hydrogen) atoms. The Hall–Kier alpha value is -4.94. The molecule has 0 spiro atoms. The van der Waals surface area contributed by atoms with Crippen LogP contribution in [0.2, 0.25) is 0 Å². The smallest absolute Gasteiger partial charge is 0.00201 e. The first-order chi connectivity index (χ1) is 18.9. The van der Waals surface area contributed by atoms with E-state index in [1.54, 1.807) is 0 Å². The van der Waals surface area contributed by atoms with Crippen LogP contribution in [0.4, 0.5) is 0 Å². The minimum absolute atomic E-state index is 1.19. The number of rotatable bonds is 4. The van der Waals surface area contributed by atoms with Crippen LogP contribution in [0.25, 0.3) is 66.7 Å². The van der Waals surface area contributed by atoms with Crippen LogP contribution in [0, 0.1) is 0 Å². The topological polar surface area (TPSA) is 0 Å². The van der Waals surface area contributed by atoms with E-state index in [0.717, 1.165) is 0 Å². The van der Waals surface area contributed by atoms with Crippen molar-refractivity contribution in [1.29, 1.82) is 0 Å². The van der Waals surface area contributed by atoms with Gasteiger partial charge in [-0.2, -0.15) is 0 Å². The molecule has 0 bridgehead atoms. The molecule has 0 radical (unpaired) electrons. The van der Waals surface area contributed by atoms with Gasteiger partial charge in [0.2, 0.25) is 0 Å². The Balaban J connectivity index is 1.50. The average molecular weight is 483 g/mol. The highest BCUT2D eigenvalue weighted by Gasteiger charge is 2.17. The predicted octanol–water partition coefficient (Wildman–Crippen LogP) is 10.7. The molecule has 0 aromatic heterocycles. The van der Waals surface area contributed by atoms with Crippen molar-refractivity contribution in [3.63, 3.8) is 0 Å². The van der Waals surface area contributed by atoms with Crippen LogP contribution in [-0.4, -0.2) is 0 Å². The summed E-state index contributed by atoms with van der Waals surface area (Å²) in [7, 11) is 0. The largest absolute Gasteiger partial charge is 0.0622 e. The zero-order chi connectivity index (χ0) is 25.3. The van der Waals surface area contributed by atoms with Crippen LogP contribution >= 0.6 is 0 Å². The molecule has 0 fully saturated rings. The maximum Gasteiger partial charge on any atom is -0.00201 e. The molecule has 0 heteroatoms. The third-order valence-electron chi connectivity index (χ3n) is 7.43. The van der Waals surface area contributed by atoms with E-state index in [1.165, 1.54) is 65.7 Å². The van der Waals surface area contributed by atoms with Gasteiger partial charge in [0.15, 0.2) is 0 Å². The highest BCUT2D eigenvalue weighted by molar-refractivity contribution is 6.23. The fraction of sp³-hybridized carbons (Fsp3) is 0. The lowest BCUT2D eigenvalue weighted by molar-refractivity contribution is 1.63. The van der Waals surface area contributed by atoms with Crippen molar-refractivity contribution in [2.24, 2.45) is 0 Å². The molecule has 0 unspecified atom stereocenters. The molecule has 0 nitrogen and oxygen atoms in total. The van der Waals surface area contributed by atoms with E-state index in [1.807, 2.05) is 0 Å². The number of benzene rings is 7. The van der Waals surface area contributed by atoms with Gasteiger partial charge in [-0.1, -0.05) is 152 Å². The third kappa shape index (κ3) is 3.88. The fourth-order valence-corrected chi connectivity index (χ4v) is 5.73. The first kappa shape index (κ1) is 22.3. The lowest BCUT2D eigenvalue weighted by Gasteiger charge is -2.19. The van der Waals surface area contributed by atoms with Gasteiger partial charge in [-0.25, -0.2) is 0 Å². The SMILES string of the molecule is C(=C\c1cccc(-c2c3ccccc3c(-c3cccc4ccccc34)c3ccccc23)c1)/c1ccccc1. The van der Waals surface area contributed by atoms with E-state index in [0.29, 0.717) is 0 Å². The lowest BCUT2D eigenvalue weighted by atomic mass is 9.84. The van der Waals surface area contributed by atoms with Crippen LogP contribution < -0.4 is 0 Å². The molecule has 0 aliphatic rings. The van der Waals surface area contributed by atoms with Gasteiger partial charge in [0.05, 0.1) is 0 Å². The molecule has 0 aliphatic heterocycles. The van der Waals surface area contributed by atoms with Gasteiger partial charge in [-0.05, 0) is 71.8 Å². The second kappa shape index (κ2) is 9.50. The monoisotopic (exact) mass is 482 g/mol. The number of fused-ring (bicyclic) bond motifs is 3. The number of hydrogen-bond acceptors (Lipinski definition) is 0. The molecule has 7 aromatic carbocycles. The molecule has 0 saturated carbocycles. The molecular formula is C38H26. The van der Waals surface area contributed by atoms with Gasteiger partial charge in [0.1, 0.15) is 0 Å². The highest BCUT2D eigenvalue weighted by atomic mass is 14.2. The van der Waals surface area contributed by atoms with Gasteiger partial charge in [0.25, 0.3) is 0 Å². The van der Waals surface area contributed by atoms with E-state index in [4.69, 9.17) is 0 Å². The molecule has 0 heterocycles. The molecule has 178 valence electrons. The molecule has 0 atom stereocenters. The summed E-state index contributed by atoms with van der Waals surface area (Å²) >= 11 is 0. The molecule has 0 aliphatic carbocycles. The van der Waals surface area contributed by atoms with Crippen molar-refractivity contribution in [2.75, 3.05) is 0 Å². The van der Waals surface area contributed by atoms with Crippen molar-refractivity contribution in [3.8, 4) is 22.3 Å². The molecule has 0 amide bonds. The first-order valence-electron chi connectivity index (χ1n) is 13.1. The van der Waals surface area contributed by atoms with Crippen molar-refractivity contribution < 1.29 is 0 Å². The lowest BCUT2D eigenvalue weighted by Crippen LogP contribution is -1.91. The van der Waals surface area contributed by atoms with Crippen LogP contribution in [0.1, 0.15) is 11.1 Å². The predicted molar refractivity (Wildman–Crippen MR) is 165 cm³/mol. The van der Waals surface area contributed by atoms with E-state index >= 15 is 0 Å². The second-order valence-electron chi connectivity index (χ2n) is 9.74. The van der Waals surface area contributed by atoms with Gasteiger partial charge < -0.3 is 0 Å². The quantitative estimate of drug-likeness (QED) is 0.173. The van der Waals surface area contributed by atoms with E-state index in [2.05, 4.69) is 158 Å². The van der Waals surface area contributed by atoms with Crippen molar-refractivity contribution in [2.45, 2.75) is 0 Å². The van der Waals surface area contributed by atoms with Crippen LogP contribution in [-0.2, 0) is 0 Å². The molecule has 7 aromatic rings. The summed E-state index contributed by atoms with van der Waals surface area (Å²) in [5, 5.41) is 7.66. The highest BCUT2D eigenvalue weighted by Crippen LogP contribution is 2.45. The average Bonchev–Trinajstić information content (AvgIpc) is 2.99. The van der Waals surface area contributed by atoms with Crippen LogP contribution in [0.3, 0.4) is 0 Å². The van der Waals surface area contributed by atoms with Gasteiger partial charge >= 0.3 is 0 Å². The summed E-state index contributed by atoms with van der Waals surface area (Å²) in [6.45, 7) is 0. The zero-order valence-corrected chi connectivity index (χ0v) is 21.0. The van der Waals surface area contributed by atoms with E-state index in [9.17, 15) is 0 Å².